The molecule has 1 amide bonds. The van der Waals surface area contributed by atoms with E-state index in [2.05, 4.69) is 5.32 Å². The Bertz CT molecular complexity index is 890. The second-order valence-electron chi connectivity index (χ2n) is 4.98. The fraction of sp³-hybridized carbons (Fsp3) is 0.0667. The first-order chi connectivity index (χ1) is 12.4. The molecule has 0 saturated carbocycles. The van der Waals surface area contributed by atoms with E-state index in [1.165, 1.54) is 43.3 Å². The van der Waals surface area contributed by atoms with Gasteiger partial charge in [-0.25, -0.2) is 4.79 Å². The van der Waals surface area contributed by atoms with Crippen molar-refractivity contribution in [1.29, 1.82) is 0 Å². The van der Waals surface area contributed by atoms with Gasteiger partial charge in [-0.15, -0.1) is 0 Å². The second-order valence-corrected chi connectivity index (χ2v) is 8.27. The number of rotatable bonds is 4. The van der Waals surface area contributed by atoms with E-state index in [4.69, 9.17) is 13.3 Å². The van der Waals surface area contributed by atoms with Crippen LogP contribution in [-0.4, -0.2) is 49.4 Å². The largest absolute Gasteiger partial charge is 0.477 e. The number of para-hydroxylation sites is 2. The quantitative estimate of drug-likeness (QED) is 0.191. The number of nitrogens with one attached hydrogen (secondary N) is 1. The van der Waals surface area contributed by atoms with Gasteiger partial charge in [-0.05, 0) is 6.07 Å². The summed E-state index contributed by atoms with van der Waals surface area (Å²) in [6.07, 6.45) is 0. The number of aromatic hydroxyl groups is 1. The minimum absolute atomic E-state index is 0.225. The predicted molar refractivity (Wildman–Crippen MR) is 93.0 cm³/mol. The molecular weight excluding hydrogens is 427 g/mol. The van der Waals surface area contributed by atoms with E-state index < -0.39 is 31.0 Å². The van der Waals surface area contributed by atoms with Gasteiger partial charge in [0.15, 0.2) is 0 Å². The number of nitro benzene ring substituents is 1. The molecule has 0 atom stereocenters. The maximum absolute atomic E-state index is 11.1. The number of carboxylic acid groups (broad SMARTS) is 1. The van der Waals surface area contributed by atoms with Gasteiger partial charge in [-0.1, -0.05) is 12.1 Å². The zero-order valence-corrected chi connectivity index (χ0v) is 15.6. The Balaban J connectivity index is 0.000000277. The zero-order valence-electron chi connectivity index (χ0n) is 13.8. The third kappa shape index (κ3) is 6.26. The van der Waals surface area contributed by atoms with Crippen LogP contribution < -0.4 is 9.67 Å². The molecule has 0 saturated heterocycles. The Morgan fingerprint density at radius 2 is 1.70 bits per heavy atom. The van der Waals surface area contributed by atoms with Crippen LogP contribution in [0.3, 0.4) is 0 Å². The van der Waals surface area contributed by atoms with Gasteiger partial charge in [0.25, 0.3) is 5.69 Å². The number of carbonyl (C=O) groups is 2. The molecule has 0 aliphatic heterocycles. The molecule has 12 heteroatoms. The summed E-state index contributed by atoms with van der Waals surface area (Å²) in [5.41, 5.74) is -0.898. The average Bonchev–Trinajstić information content (AvgIpc) is 2.55. The van der Waals surface area contributed by atoms with E-state index in [1.54, 1.807) is 0 Å². The maximum atomic E-state index is 11.1. The number of benzene rings is 2. The molecular formula is C15H15AsN2O9. The summed E-state index contributed by atoms with van der Waals surface area (Å²) in [7, 11) is 0. The van der Waals surface area contributed by atoms with Crippen molar-refractivity contribution in [2.24, 2.45) is 0 Å². The maximum Gasteiger partial charge on any atom is 0.342 e. The molecule has 0 bridgehead atoms. The molecule has 0 aliphatic carbocycles. The number of carboxylic acids is 1. The summed E-state index contributed by atoms with van der Waals surface area (Å²) in [6, 6.07) is 8.92. The third-order valence-electron chi connectivity index (χ3n) is 2.97. The van der Waals surface area contributed by atoms with Crippen LogP contribution in [0.5, 0.6) is 5.75 Å². The first-order valence-corrected chi connectivity index (χ1v) is 10.5. The van der Waals surface area contributed by atoms with Crippen molar-refractivity contribution in [2.75, 3.05) is 5.32 Å². The zero-order chi connectivity index (χ0) is 20.8. The van der Waals surface area contributed by atoms with E-state index >= 15 is 0 Å². The molecule has 0 aromatic heterocycles. The number of phenolic OH excluding ortho intramolecular Hbond substituents is 1. The van der Waals surface area contributed by atoms with Crippen molar-refractivity contribution in [3.05, 3.63) is 58.1 Å². The van der Waals surface area contributed by atoms with Gasteiger partial charge in [0.2, 0.25) is 0 Å². The molecule has 144 valence electrons. The standard InChI is InChI=1S/C8H10AsNO5.C7H5NO4/c1-5(11)10-8-6(9(13,14)15)3-2-4-7(8)12;9-7(10)5-3-1-2-4-6(5)8(11)12/h2-4,12H,1H3,(H,10,11)(H2,13,14,15);1-4H,(H,9,10). The topological polar surface area (TPSA) is 187 Å². The molecule has 0 aliphatic rings. The van der Waals surface area contributed by atoms with Gasteiger partial charge in [0, 0.05) is 6.07 Å². The fourth-order valence-electron chi connectivity index (χ4n) is 1.89. The first kappa shape index (κ1) is 21.9. The van der Waals surface area contributed by atoms with E-state index in [-0.39, 0.29) is 27.0 Å². The molecule has 2 rings (SSSR count). The molecule has 11 nitrogen and oxygen atoms in total. The van der Waals surface area contributed by atoms with E-state index in [1.807, 2.05) is 0 Å². The molecule has 5 N–H and O–H groups in total. The minimum atomic E-state index is -5.14. The molecule has 0 unspecified atom stereocenters. The molecule has 0 fully saturated rings. The van der Waals surface area contributed by atoms with Crippen molar-refractivity contribution in [3.63, 3.8) is 0 Å². The Hall–Kier alpha value is -3.14. The van der Waals surface area contributed by atoms with Gasteiger partial charge >= 0.3 is 94.1 Å². The monoisotopic (exact) mass is 442 g/mol. The van der Waals surface area contributed by atoms with E-state index in [9.17, 15) is 28.5 Å². The number of anilines is 1. The summed E-state index contributed by atoms with van der Waals surface area (Å²) in [4.78, 5) is 30.7. The van der Waals surface area contributed by atoms with Crippen LogP contribution in [0, 0.1) is 10.1 Å². The van der Waals surface area contributed by atoms with Crippen LogP contribution in [-0.2, 0) is 8.53 Å². The minimum Gasteiger partial charge on any atom is -0.477 e. The fourth-order valence-corrected chi connectivity index (χ4v) is 3.45. The summed E-state index contributed by atoms with van der Waals surface area (Å²) in [6.45, 7) is 1.18. The number of hydrogen-bond donors (Lipinski definition) is 5. The van der Waals surface area contributed by atoms with Gasteiger partial charge in [0.1, 0.15) is 5.56 Å². The smallest absolute Gasteiger partial charge is 0.342 e. The van der Waals surface area contributed by atoms with Crippen molar-refractivity contribution in [3.8, 4) is 5.75 Å². The second kappa shape index (κ2) is 8.99. The van der Waals surface area contributed by atoms with Crippen molar-refractivity contribution >= 4 is 41.8 Å². The Kier molecular flexibility index (Phi) is 7.29. The van der Waals surface area contributed by atoms with Crippen molar-refractivity contribution in [2.45, 2.75) is 6.92 Å². The number of hydrogen-bond acceptors (Lipinski definition) is 6. The van der Waals surface area contributed by atoms with Crippen LogP contribution in [0.25, 0.3) is 0 Å². The van der Waals surface area contributed by atoms with Crippen LogP contribution in [0.1, 0.15) is 17.3 Å². The molecule has 0 heterocycles. The van der Waals surface area contributed by atoms with Crippen LogP contribution >= 0.6 is 0 Å². The number of nitro groups is 1. The summed E-state index contributed by atoms with van der Waals surface area (Å²) >= 11 is -5.14. The average molecular weight is 442 g/mol. The molecule has 2 aromatic carbocycles. The van der Waals surface area contributed by atoms with E-state index in [0.717, 1.165) is 6.07 Å². The third-order valence-corrected chi connectivity index (χ3v) is 5.07. The van der Waals surface area contributed by atoms with E-state index in [0.29, 0.717) is 0 Å². The van der Waals surface area contributed by atoms with Crippen LogP contribution in [0.4, 0.5) is 11.4 Å². The normalized spacial score (nSPS) is 10.3. The number of nitrogens with zero attached hydrogens (tertiary/aromatic N) is 1. The van der Waals surface area contributed by atoms with Gasteiger partial charge < -0.3 is 5.11 Å². The molecule has 2 aromatic rings. The van der Waals surface area contributed by atoms with Crippen molar-refractivity contribution in [1.82, 2.24) is 0 Å². The summed E-state index contributed by atoms with van der Waals surface area (Å²) in [5, 5.41) is 30.3. The Morgan fingerprint density at radius 1 is 1.11 bits per heavy atom. The first-order valence-electron chi connectivity index (χ1n) is 7.07. The van der Waals surface area contributed by atoms with Gasteiger partial charge in [-0.2, -0.15) is 0 Å². The molecule has 0 spiro atoms. The van der Waals surface area contributed by atoms with Gasteiger partial charge in [0.05, 0.1) is 4.92 Å². The number of amides is 1. The molecule has 27 heavy (non-hydrogen) atoms. The number of phenols is 1. The summed E-state index contributed by atoms with van der Waals surface area (Å²) < 4.78 is 28.8. The Morgan fingerprint density at radius 3 is 2.15 bits per heavy atom. The van der Waals surface area contributed by atoms with Crippen molar-refractivity contribution < 1.29 is 36.7 Å². The van der Waals surface area contributed by atoms with Crippen LogP contribution in [0.15, 0.2) is 42.5 Å². The summed E-state index contributed by atoms with van der Waals surface area (Å²) in [5.74, 6) is -2.17. The Labute approximate surface area is 155 Å². The number of aromatic carboxylic acids is 1. The SMILES string of the molecule is CC(=O)Nc1c(O)cccc1[As](=O)(O)O.O=C(O)c1ccccc1[N+](=O)[O-]. The molecule has 0 radical (unpaired) electrons. The predicted octanol–water partition coefficient (Wildman–Crippen LogP) is 0.205. The number of carbonyl (C=O) groups excluding carboxylic acids is 1. The van der Waals surface area contributed by atoms with Gasteiger partial charge in [-0.3, -0.25) is 10.1 Å². The van der Waals surface area contributed by atoms with Crippen LogP contribution in [0.2, 0.25) is 0 Å².